The van der Waals surface area contributed by atoms with Gasteiger partial charge in [0.25, 0.3) is 0 Å². The Bertz CT molecular complexity index is 384. The first-order valence-corrected chi connectivity index (χ1v) is 6.66. The Morgan fingerprint density at radius 3 is 2.53 bits per heavy atom. The molecule has 1 rings (SSSR count). The standard InChI is InChI=1S/C14H22ClNO2.ClH/c1-5-18-14-11(9-16-8-10(2)3)6-12(15)7-13(14)17-4;/h6-7,10,16H,5,8-9H2,1-4H3;1H. The van der Waals surface area contributed by atoms with Crippen molar-refractivity contribution in [2.75, 3.05) is 20.3 Å². The first-order valence-electron chi connectivity index (χ1n) is 6.28. The van der Waals surface area contributed by atoms with Crippen LogP contribution in [0.2, 0.25) is 5.02 Å². The molecule has 0 aromatic heterocycles. The van der Waals surface area contributed by atoms with Crippen LogP contribution in [0.15, 0.2) is 12.1 Å². The summed E-state index contributed by atoms with van der Waals surface area (Å²) in [5.74, 6) is 2.08. The van der Waals surface area contributed by atoms with Gasteiger partial charge < -0.3 is 14.8 Å². The van der Waals surface area contributed by atoms with Crippen molar-refractivity contribution >= 4 is 24.0 Å². The third-order valence-corrected chi connectivity index (χ3v) is 2.69. The predicted molar refractivity (Wildman–Crippen MR) is 83.0 cm³/mol. The molecular formula is C14H23Cl2NO2. The molecule has 1 aromatic carbocycles. The molecule has 0 aliphatic carbocycles. The number of benzene rings is 1. The van der Waals surface area contributed by atoms with Gasteiger partial charge in [-0.3, -0.25) is 0 Å². The van der Waals surface area contributed by atoms with Gasteiger partial charge in [0.05, 0.1) is 13.7 Å². The lowest BCUT2D eigenvalue weighted by Gasteiger charge is -2.16. The van der Waals surface area contributed by atoms with Gasteiger partial charge in [0.2, 0.25) is 0 Å². The van der Waals surface area contributed by atoms with Gasteiger partial charge in [0.1, 0.15) is 0 Å². The summed E-state index contributed by atoms with van der Waals surface area (Å²) < 4.78 is 11.0. The summed E-state index contributed by atoms with van der Waals surface area (Å²) in [5.41, 5.74) is 1.03. The van der Waals surface area contributed by atoms with Crippen LogP contribution in [0.1, 0.15) is 26.3 Å². The van der Waals surface area contributed by atoms with E-state index in [1.54, 1.807) is 13.2 Å². The Kier molecular flexibility index (Phi) is 8.98. The van der Waals surface area contributed by atoms with E-state index in [1.165, 1.54) is 0 Å². The maximum Gasteiger partial charge on any atom is 0.165 e. The Hall–Kier alpha value is -0.640. The average molecular weight is 308 g/mol. The summed E-state index contributed by atoms with van der Waals surface area (Å²) >= 11 is 6.08. The van der Waals surface area contributed by atoms with Crippen LogP contribution in [-0.4, -0.2) is 20.3 Å². The lowest BCUT2D eigenvalue weighted by Crippen LogP contribution is -2.19. The maximum atomic E-state index is 6.08. The molecule has 0 amide bonds. The van der Waals surface area contributed by atoms with E-state index in [0.29, 0.717) is 23.3 Å². The van der Waals surface area contributed by atoms with Gasteiger partial charge in [-0.1, -0.05) is 25.4 Å². The second kappa shape index (κ2) is 9.29. The van der Waals surface area contributed by atoms with Gasteiger partial charge in [-0.05, 0) is 25.5 Å². The molecule has 0 radical (unpaired) electrons. The van der Waals surface area contributed by atoms with Gasteiger partial charge in [0.15, 0.2) is 11.5 Å². The number of hydrogen-bond donors (Lipinski definition) is 1. The van der Waals surface area contributed by atoms with Crippen molar-refractivity contribution in [3.63, 3.8) is 0 Å². The number of methoxy groups -OCH3 is 1. The molecule has 1 N–H and O–H groups in total. The van der Waals surface area contributed by atoms with Crippen LogP contribution in [0.3, 0.4) is 0 Å². The Labute approximate surface area is 127 Å². The molecule has 0 saturated carbocycles. The molecular weight excluding hydrogens is 285 g/mol. The fourth-order valence-corrected chi connectivity index (χ4v) is 1.94. The van der Waals surface area contributed by atoms with Crippen molar-refractivity contribution in [1.82, 2.24) is 5.32 Å². The fraction of sp³-hybridized carbons (Fsp3) is 0.571. The van der Waals surface area contributed by atoms with E-state index in [0.717, 1.165) is 24.4 Å². The van der Waals surface area contributed by atoms with Crippen LogP contribution in [-0.2, 0) is 6.54 Å². The number of halogens is 2. The molecule has 19 heavy (non-hydrogen) atoms. The normalized spacial score (nSPS) is 10.2. The molecule has 3 nitrogen and oxygen atoms in total. The van der Waals surface area contributed by atoms with E-state index in [-0.39, 0.29) is 12.4 Å². The number of rotatable bonds is 7. The van der Waals surface area contributed by atoms with Gasteiger partial charge in [-0.15, -0.1) is 12.4 Å². The Morgan fingerprint density at radius 2 is 2.00 bits per heavy atom. The van der Waals surface area contributed by atoms with Crippen LogP contribution in [0.4, 0.5) is 0 Å². The number of nitrogens with one attached hydrogen (secondary N) is 1. The topological polar surface area (TPSA) is 30.5 Å². The minimum atomic E-state index is 0. The maximum absolute atomic E-state index is 6.08. The van der Waals surface area contributed by atoms with Crippen molar-refractivity contribution < 1.29 is 9.47 Å². The molecule has 5 heteroatoms. The molecule has 0 spiro atoms. The fourth-order valence-electron chi connectivity index (χ4n) is 1.71. The highest BCUT2D eigenvalue weighted by Crippen LogP contribution is 2.34. The average Bonchev–Trinajstić information content (AvgIpc) is 2.31. The molecule has 0 bridgehead atoms. The monoisotopic (exact) mass is 307 g/mol. The largest absolute Gasteiger partial charge is 0.493 e. The van der Waals surface area contributed by atoms with Crippen molar-refractivity contribution in [2.45, 2.75) is 27.3 Å². The first kappa shape index (κ1) is 18.4. The Balaban J connectivity index is 0.00000324. The van der Waals surface area contributed by atoms with E-state index < -0.39 is 0 Å². The van der Waals surface area contributed by atoms with E-state index in [9.17, 15) is 0 Å². The number of ether oxygens (including phenoxy) is 2. The van der Waals surface area contributed by atoms with Crippen LogP contribution in [0.25, 0.3) is 0 Å². The highest BCUT2D eigenvalue weighted by atomic mass is 35.5. The second-order valence-corrected chi connectivity index (χ2v) is 4.99. The second-order valence-electron chi connectivity index (χ2n) is 4.55. The molecule has 0 fully saturated rings. The molecule has 0 heterocycles. The first-order chi connectivity index (χ1) is 8.58. The van der Waals surface area contributed by atoms with Gasteiger partial charge in [-0.25, -0.2) is 0 Å². The lowest BCUT2D eigenvalue weighted by atomic mass is 10.1. The zero-order chi connectivity index (χ0) is 13.5. The summed E-state index contributed by atoms with van der Waals surface area (Å²) in [6.07, 6.45) is 0. The summed E-state index contributed by atoms with van der Waals surface area (Å²) in [6, 6.07) is 3.70. The van der Waals surface area contributed by atoms with Gasteiger partial charge in [0, 0.05) is 23.2 Å². The quantitative estimate of drug-likeness (QED) is 0.828. The van der Waals surface area contributed by atoms with E-state index in [1.807, 2.05) is 13.0 Å². The van der Waals surface area contributed by atoms with Crippen molar-refractivity contribution in [3.8, 4) is 11.5 Å². The molecule has 0 aliphatic rings. The van der Waals surface area contributed by atoms with Crippen LogP contribution in [0, 0.1) is 5.92 Å². The van der Waals surface area contributed by atoms with Gasteiger partial charge >= 0.3 is 0 Å². The minimum Gasteiger partial charge on any atom is -0.493 e. The third kappa shape index (κ3) is 5.89. The van der Waals surface area contributed by atoms with E-state index in [2.05, 4.69) is 19.2 Å². The summed E-state index contributed by atoms with van der Waals surface area (Å²) in [6.45, 7) is 8.60. The van der Waals surface area contributed by atoms with E-state index >= 15 is 0 Å². The molecule has 0 atom stereocenters. The molecule has 0 saturated heterocycles. The predicted octanol–water partition coefficient (Wildman–Crippen LogP) is 3.91. The van der Waals surface area contributed by atoms with Crippen molar-refractivity contribution in [1.29, 1.82) is 0 Å². The SMILES string of the molecule is CCOc1c(CNCC(C)C)cc(Cl)cc1OC.Cl. The highest BCUT2D eigenvalue weighted by molar-refractivity contribution is 6.30. The number of hydrogen-bond acceptors (Lipinski definition) is 3. The zero-order valence-electron chi connectivity index (χ0n) is 12.0. The van der Waals surface area contributed by atoms with Crippen LogP contribution in [0.5, 0.6) is 11.5 Å². The zero-order valence-corrected chi connectivity index (χ0v) is 13.5. The third-order valence-electron chi connectivity index (χ3n) is 2.47. The van der Waals surface area contributed by atoms with Crippen LogP contribution >= 0.6 is 24.0 Å². The highest BCUT2D eigenvalue weighted by Gasteiger charge is 2.12. The molecule has 110 valence electrons. The van der Waals surface area contributed by atoms with E-state index in [4.69, 9.17) is 21.1 Å². The van der Waals surface area contributed by atoms with Crippen molar-refractivity contribution in [3.05, 3.63) is 22.7 Å². The molecule has 0 unspecified atom stereocenters. The smallest absolute Gasteiger partial charge is 0.165 e. The summed E-state index contributed by atoms with van der Waals surface area (Å²) in [4.78, 5) is 0. The van der Waals surface area contributed by atoms with Gasteiger partial charge in [-0.2, -0.15) is 0 Å². The molecule has 0 aliphatic heterocycles. The van der Waals surface area contributed by atoms with Crippen LogP contribution < -0.4 is 14.8 Å². The summed E-state index contributed by atoms with van der Waals surface area (Å²) in [7, 11) is 1.62. The lowest BCUT2D eigenvalue weighted by molar-refractivity contribution is 0.306. The molecule has 1 aromatic rings. The Morgan fingerprint density at radius 1 is 1.32 bits per heavy atom. The van der Waals surface area contributed by atoms with Crippen molar-refractivity contribution in [2.24, 2.45) is 5.92 Å². The summed E-state index contributed by atoms with van der Waals surface area (Å²) in [5, 5.41) is 4.05. The minimum absolute atomic E-state index is 0.